The molecule has 0 saturated carbocycles. The molecular weight excluding hydrogens is 271 g/mol. The first kappa shape index (κ1) is 12.8. The van der Waals surface area contributed by atoms with Gasteiger partial charge in [-0.1, -0.05) is 72.8 Å². The number of hydrogen-bond donors (Lipinski definition) is 0. The molecule has 102 valence electrons. The average molecular weight is 288 g/mol. The molecule has 1 aliphatic carbocycles. The Kier molecular flexibility index (Phi) is 2.77. The molecule has 21 heavy (non-hydrogen) atoms. The Morgan fingerprint density at radius 1 is 0.714 bits per heavy atom. The summed E-state index contributed by atoms with van der Waals surface area (Å²) in [6, 6.07) is 26.2. The van der Waals surface area contributed by atoms with E-state index in [1.165, 1.54) is 33.4 Å². The van der Waals surface area contributed by atoms with Crippen molar-refractivity contribution >= 4 is 9.24 Å². The van der Waals surface area contributed by atoms with Crippen LogP contribution in [0.25, 0.3) is 11.1 Å². The third-order valence-corrected chi connectivity index (χ3v) is 5.47. The standard InChI is InChI=1S/C20H17P/c1-14-8-7-12-17-16-11-5-6-13-18(16)20(21,19(14)17)15-9-3-2-4-10-15/h2-13H,21H2,1H3. The normalized spacial score (nSPS) is 19.1. The number of hydrogen-bond acceptors (Lipinski definition) is 0. The third-order valence-electron chi connectivity index (χ3n) is 4.54. The Morgan fingerprint density at radius 2 is 1.38 bits per heavy atom. The summed E-state index contributed by atoms with van der Waals surface area (Å²) in [5, 5.41) is -0.140. The minimum Gasteiger partial charge on any atom is -0.117 e. The Hall–Kier alpha value is -1.91. The topological polar surface area (TPSA) is 0 Å². The fourth-order valence-electron chi connectivity index (χ4n) is 3.61. The Balaban J connectivity index is 2.13. The van der Waals surface area contributed by atoms with Crippen LogP contribution in [-0.4, -0.2) is 0 Å². The summed E-state index contributed by atoms with van der Waals surface area (Å²) < 4.78 is 0. The lowest BCUT2D eigenvalue weighted by Gasteiger charge is -2.29. The Labute approximate surface area is 128 Å². The highest BCUT2D eigenvalue weighted by atomic mass is 31.0. The van der Waals surface area contributed by atoms with Crippen LogP contribution >= 0.6 is 9.24 Å². The van der Waals surface area contributed by atoms with E-state index in [4.69, 9.17) is 0 Å². The van der Waals surface area contributed by atoms with E-state index >= 15 is 0 Å². The lowest BCUT2D eigenvalue weighted by molar-refractivity contribution is 0.918. The first-order valence-electron chi connectivity index (χ1n) is 7.27. The van der Waals surface area contributed by atoms with Crippen LogP contribution in [0, 0.1) is 6.92 Å². The highest BCUT2D eigenvalue weighted by Crippen LogP contribution is 2.57. The van der Waals surface area contributed by atoms with Crippen molar-refractivity contribution in [2.45, 2.75) is 12.1 Å². The molecule has 0 heterocycles. The van der Waals surface area contributed by atoms with Gasteiger partial charge in [-0.15, -0.1) is 9.24 Å². The van der Waals surface area contributed by atoms with Gasteiger partial charge in [0.2, 0.25) is 0 Å². The third kappa shape index (κ3) is 1.66. The van der Waals surface area contributed by atoms with Crippen molar-refractivity contribution in [3.05, 3.63) is 95.1 Å². The molecule has 0 bridgehead atoms. The SMILES string of the molecule is Cc1cccc2c1C(P)(c1ccccc1)c1ccccc1-2. The monoisotopic (exact) mass is 288 g/mol. The van der Waals surface area contributed by atoms with E-state index in [1.807, 2.05) is 0 Å². The van der Waals surface area contributed by atoms with E-state index in [9.17, 15) is 0 Å². The molecule has 1 heteroatoms. The van der Waals surface area contributed by atoms with Crippen LogP contribution in [0.1, 0.15) is 22.3 Å². The van der Waals surface area contributed by atoms with E-state index in [0.29, 0.717) is 0 Å². The zero-order valence-electron chi connectivity index (χ0n) is 12.0. The van der Waals surface area contributed by atoms with Crippen molar-refractivity contribution in [3.8, 4) is 11.1 Å². The van der Waals surface area contributed by atoms with Gasteiger partial charge in [-0.05, 0) is 40.3 Å². The van der Waals surface area contributed by atoms with Crippen LogP contribution < -0.4 is 0 Å². The molecule has 0 N–H and O–H groups in total. The fraction of sp³-hybridized carbons (Fsp3) is 0.100. The number of aryl methyl sites for hydroxylation is 1. The van der Waals surface area contributed by atoms with Gasteiger partial charge in [-0.25, -0.2) is 0 Å². The molecule has 0 aromatic heterocycles. The summed E-state index contributed by atoms with van der Waals surface area (Å²) in [5.41, 5.74) is 8.20. The largest absolute Gasteiger partial charge is 0.117 e. The van der Waals surface area contributed by atoms with Crippen molar-refractivity contribution in [1.29, 1.82) is 0 Å². The first-order valence-corrected chi connectivity index (χ1v) is 7.85. The second kappa shape index (κ2) is 4.55. The second-order valence-electron chi connectivity index (χ2n) is 5.72. The van der Waals surface area contributed by atoms with E-state index < -0.39 is 0 Å². The molecule has 2 unspecified atom stereocenters. The van der Waals surface area contributed by atoms with Gasteiger partial charge in [-0.3, -0.25) is 0 Å². The predicted molar refractivity (Wildman–Crippen MR) is 92.6 cm³/mol. The lowest BCUT2D eigenvalue weighted by atomic mass is 9.86. The molecule has 0 fully saturated rings. The van der Waals surface area contributed by atoms with Gasteiger partial charge < -0.3 is 0 Å². The summed E-state index contributed by atoms with van der Waals surface area (Å²) in [6.45, 7) is 2.21. The van der Waals surface area contributed by atoms with Gasteiger partial charge in [0.1, 0.15) is 0 Å². The van der Waals surface area contributed by atoms with E-state index in [-0.39, 0.29) is 5.16 Å². The van der Waals surface area contributed by atoms with Crippen molar-refractivity contribution in [2.24, 2.45) is 0 Å². The van der Waals surface area contributed by atoms with Crippen LogP contribution in [0.15, 0.2) is 72.8 Å². The van der Waals surface area contributed by atoms with Gasteiger partial charge >= 0.3 is 0 Å². The molecule has 3 aromatic carbocycles. The number of fused-ring (bicyclic) bond motifs is 3. The predicted octanol–water partition coefficient (Wildman–Crippen LogP) is 5.14. The summed E-state index contributed by atoms with van der Waals surface area (Å²) in [5.74, 6) is 0. The van der Waals surface area contributed by atoms with Crippen LogP contribution in [0.5, 0.6) is 0 Å². The summed E-state index contributed by atoms with van der Waals surface area (Å²) in [6.07, 6.45) is 0. The molecule has 0 nitrogen and oxygen atoms in total. The van der Waals surface area contributed by atoms with Gasteiger partial charge in [0.15, 0.2) is 0 Å². The Bertz CT molecular complexity index is 820. The van der Waals surface area contributed by atoms with Crippen molar-refractivity contribution < 1.29 is 0 Å². The van der Waals surface area contributed by atoms with Gasteiger partial charge in [0.05, 0.1) is 5.16 Å². The molecule has 4 rings (SSSR count). The van der Waals surface area contributed by atoms with Gasteiger partial charge in [0.25, 0.3) is 0 Å². The summed E-state index contributed by atoms with van der Waals surface area (Å²) in [7, 11) is 3.13. The van der Waals surface area contributed by atoms with Crippen LogP contribution in [0.4, 0.5) is 0 Å². The van der Waals surface area contributed by atoms with E-state index in [0.717, 1.165) is 0 Å². The first-order chi connectivity index (χ1) is 10.2. The van der Waals surface area contributed by atoms with E-state index in [2.05, 4.69) is 89.0 Å². The second-order valence-corrected chi connectivity index (χ2v) is 6.58. The minimum atomic E-state index is -0.140. The number of benzene rings is 3. The zero-order chi connectivity index (χ0) is 14.4. The molecule has 0 radical (unpaired) electrons. The molecule has 0 saturated heterocycles. The maximum Gasteiger partial charge on any atom is 0.0606 e. The smallest absolute Gasteiger partial charge is 0.0606 e. The van der Waals surface area contributed by atoms with Crippen molar-refractivity contribution in [2.75, 3.05) is 0 Å². The summed E-state index contributed by atoms with van der Waals surface area (Å²) in [4.78, 5) is 0. The average Bonchev–Trinajstić information content (AvgIpc) is 2.81. The van der Waals surface area contributed by atoms with Crippen LogP contribution in [-0.2, 0) is 5.16 Å². The van der Waals surface area contributed by atoms with Crippen molar-refractivity contribution in [3.63, 3.8) is 0 Å². The van der Waals surface area contributed by atoms with Crippen LogP contribution in [0.2, 0.25) is 0 Å². The molecule has 3 aromatic rings. The number of rotatable bonds is 1. The highest BCUT2D eigenvalue weighted by molar-refractivity contribution is 7.19. The maximum absolute atomic E-state index is 3.13. The molecule has 1 aliphatic rings. The van der Waals surface area contributed by atoms with Crippen molar-refractivity contribution in [1.82, 2.24) is 0 Å². The highest BCUT2D eigenvalue weighted by Gasteiger charge is 2.41. The van der Waals surface area contributed by atoms with E-state index in [1.54, 1.807) is 0 Å². The lowest BCUT2D eigenvalue weighted by Crippen LogP contribution is -2.19. The molecule has 0 amide bonds. The summed E-state index contributed by atoms with van der Waals surface area (Å²) >= 11 is 0. The Morgan fingerprint density at radius 3 is 2.19 bits per heavy atom. The maximum atomic E-state index is 3.13. The molecular formula is C20H17P. The quantitative estimate of drug-likeness (QED) is 0.544. The molecule has 0 spiro atoms. The van der Waals surface area contributed by atoms with Gasteiger partial charge in [-0.2, -0.15) is 0 Å². The zero-order valence-corrected chi connectivity index (χ0v) is 13.2. The molecule has 0 aliphatic heterocycles. The molecule has 2 atom stereocenters. The van der Waals surface area contributed by atoms with Gasteiger partial charge in [0, 0.05) is 0 Å². The minimum absolute atomic E-state index is 0.140. The fourth-order valence-corrected chi connectivity index (χ4v) is 4.44. The van der Waals surface area contributed by atoms with Crippen LogP contribution in [0.3, 0.4) is 0 Å².